The van der Waals surface area contributed by atoms with Crippen molar-refractivity contribution in [3.05, 3.63) is 0 Å². The summed E-state index contributed by atoms with van der Waals surface area (Å²) < 4.78 is 20.6. The topological polar surface area (TPSA) is 146 Å². The van der Waals surface area contributed by atoms with Crippen LogP contribution in [-0.2, 0) is 38.1 Å². The quantitative estimate of drug-likeness (QED) is 0.441. The summed E-state index contributed by atoms with van der Waals surface area (Å²) in [4.78, 5) is 43.4. The van der Waals surface area contributed by atoms with E-state index in [0.29, 0.717) is 0 Å². The maximum absolute atomic E-state index is 11.3. The normalized spacial score (nSPS) is 29.6. The number of rotatable bonds is 6. The van der Waals surface area contributed by atoms with Gasteiger partial charge in [0.15, 0.2) is 12.2 Å². The second-order valence-corrected chi connectivity index (χ2v) is 4.79. The predicted octanol–water partition coefficient (Wildman–Crippen LogP) is -1.44. The van der Waals surface area contributed by atoms with Gasteiger partial charge in [-0.05, 0) is 0 Å². The van der Waals surface area contributed by atoms with Gasteiger partial charge in [-0.25, -0.2) is 0 Å². The van der Waals surface area contributed by atoms with E-state index in [1.807, 2.05) is 0 Å². The Morgan fingerprint density at radius 3 is 1.50 bits per heavy atom. The molecule has 0 aromatic carbocycles. The molecule has 0 aliphatic carbocycles. The van der Waals surface area contributed by atoms with Gasteiger partial charge in [-0.1, -0.05) is 0 Å². The van der Waals surface area contributed by atoms with Gasteiger partial charge in [0.25, 0.3) is 0 Å². The van der Waals surface area contributed by atoms with Crippen LogP contribution >= 0.6 is 0 Å². The molecule has 0 aromatic rings. The van der Waals surface area contributed by atoms with Crippen LogP contribution < -0.4 is 0 Å². The number of fused-ring (bicyclic) bond motifs is 1. The molecule has 10 nitrogen and oxygen atoms in total. The monoisotopic (exact) mass is 318 g/mol. The third-order valence-corrected chi connectivity index (χ3v) is 3.12. The molecule has 2 heterocycles. The van der Waals surface area contributed by atoms with Gasteiger partial charge in [0.2, 0.25) is 0 Å². The first-order valence-corrected chi connectivity index (χ1v) is 6.42. The number of aliphatic carboxylic acids is 2. The molecule has 2 N–H and O–H groups in total. The van der Waals surface area contributed by atoms with Crippen LogP contribution in [0, 0.1) is 0 Å². The Morgan fingerprint density at radius 1 is 0.818 bits per heavy atom. The number of esters is 2. The molecule has 2 saturated heterocycles. The second kappa shape index (κ2) is 6.71. The molecule has 4 unspecified atom stereocenters. The van der Waals surface area contributed by atoms with Crippen molar-refractivity contribution in [2.75, 3.05) is 13.2 Å². The summed E-state index contributed by atoms with van der Waals surface area (Å²) in [5.74, 6) is -4.46. The van der Waals surface area contributed by atoms with Crippen molar-refractivity contribution in [3.8, 4) is 0 Å². The Balaban J connectivity index is 1.86. The molecule has 4 atom stereocenters. The highest BCUT2D eigenvalue weighted by molar-refractivity contribution is 5.90. The van der Waals surface area contributed by atoms with Gasteiger partial charge in [0.05, 0.1) is 13.2 Å². The Kier molecular flexibility index (Phi) is 4.93. The Labute approximate surface area is 123 Å². The van der Waals surface area contributed by atoms with Crippen LogP contribution in [0.15, 0.2) is 0 Å². The minimum Gasteiger partial charge on any atom is -0.481 e. The van der Waals surface area contributed by atoms with Gasteiger partial charge < -0.3 is 29.2 Å². The summed E-state index contributed by atoms with van der Waals surface area (Å²) in [7, 11) is 0. The minimum atomic E-state index is -1.31. The number of hydrogen-bond acceptors (Lipinski definition) is 8. The molecule has 2 aliphatic heterocycles. The fourth-order valence-electron chi connectivity index (χ4n) is 2.30. The van der Waals surface area contributed by atoms with E-state index < -0.39 is 61.1 Å². The zero-order valence-electron chi connectivity index (χ0n) is 11.3. The van der Waals surface area contributed by atoms with E-state index in [4.69, 9.17) is 29.2 Å². The predicted molar refractivity (Wildman–Crippen MR) is 63.7 cm³/mol. The maximum atomic E-state index is 11.3. The number of hydrogen-bond donors (Lipinski definition) is 2. The first-order valence-electron chi connectivity index (χ1n) is 6.42. The lowest BCUT2D eigenvalue weighted by Gasteiger charge is -2.16. The highest BCUT2D eigenvalue weighted by atomic mass is 16.7. The van der Waals surface area contributed by atoms with Gasteiger partial charge in [0, 0.05) is 0 Å². The highest BCUT2D eigenvalue weighted by Crippen LogP contribution is 2.30. The van der Waals surface area contributed by atoms with E-state index in [0.717, 1.165) is 0 Å². The molecule has 0 saturated carbocycles. The molecule has 2 aliphatic rings. The summed E-state index contributed by atoms with van der Waals surface area (Å²) >= 11 is 0. The van der Waals surface area contributed by atoms with E-state index in [2.05, 4.69) is 0 Å². The lowest BCUT2D eigenvalue weighted by atomic mass is 10.1. The van der Waals surface area contributed by atoms with Crippen molar-refractivity contribution in [1.29, 1.82) is 0 Å². The van der Waals surface area contributed by atoms with Crippen molar-refractivity contribution in [3.63, 3.8) is 0 Å². The number of carboxylic acids is 2. The van der Waals surface area contributed by atoms with E-state index >= 15 is 0 Å². The second-order valence-electron chi connectivity index (χ2n) is 4.79. The molecule has 2 fully saturated rings. The first-order chi connectivity index (χ1) is 10.4. The Hall–Kier alpha value is -2.20. The molecule has 22 heavy (non-hydrogen) atoms. The molecule has 2 rings (SSSR count). The van der Waals surface area contributed by atoms with Crippen molar-refractivity contribution in [1.82, 2.24) is 0 Å². The average molecular weight is 318 g/mol. The largest absolute Gasteiger partial charge is 0.481 e. The number of ether oxygens (including phenoxy) is 4. The van der Waals surface area contributed by atoms with E-state index in [-0.39, 0.29) is 13.2 Å². The highest BCUT2D eigenvalue weighted by Gasteiger charge is 2.51. The molecule has 0 aromatic heterocycles. The Morgan fingerprint density at radius 2 is 1.18 bits per heavy atom. The first kappa shape index (κ1) is 16.2. The van der Waals surface area contributed by atoms with Crippen LogP contribution in [0.25, 0.3) is 0 Å². The average Bonchev–Trinajstić information content (AvgIpc) is 2.92. The van der Waals surface area contributed by atoms with Gasteiger partial charge in [0.1, 0.15) is 25.0 Å². The summed E-state index contributed by atoms with van der Waals surface area (Å²) in [6.45, 7) is -0.0403. The fourth-order valence-corrected chi connectivity index (χ4v) is 2.30. The molecule has 0 spiro atoms. The number of carbonyl (C=O) groups is 4. The van der Waals surface area contributed by atoms with Gasteiger partial charge in [-0.2, -0.15) is 0 Å². The van der Waals surface area contributed by atoms with Crippen LogP contribution in [0.4, 0.5) is 0 Å². The lowest BCUT2D eigenvalue weighted by molar-refractivity contribution is -0.159. The van der Waals surface area contributed by atoms with Crippen LogP contribution in [0.1, 0.15) is 12.8 Å². The molecular weight excluding hydrogens is 304 g/mol. The number of carboxylic acid groups (broad SMARTS) is 2. The zero-order chi connectivity index (χ0) is 16.3. The summed E-state index contributed by atoms with van der Waals surface area (Å²) in [6.07, 6.45) is -4.49. The van der Waals surface area contributed by atoms with Crippen molar-refractivity contribution in [2.24, 2.45) is 0 Å². The maximum Gasteiger partial charge on any atom is 0.317 e. The van der Waals surface area contributed by atoms with Crippen molar-refractivity contribution in [2.45, 2.75) is 37.3 Å². The molecule has 122 valence electrons. The molecule has 0 radical (unpaired) electrons. The zero-order valence-corrected chi connectivity index (χ0v) is 11.3. The van der Waals surface area contributed by atoms with Crippen molar-refractivity contribution >= 4 is 23.9 Å². The number of carbonyl (C=O) groups excluding carboxylic acids is 2. The molecule has 0 bridgehead atoms. The van der Waals surface area contributed by atoms with E-state index in [1.54, 1.807) is 0 Å². The van der Waals surface area contributed by atoms with Gasteiger partial charge >= 0.3 is 23.9 Å². The minimum absolute atomic E-state index is 0.0202. The van der Waals surface area contributed by atoms with Crippen molar-refractivity contribution < 1.29 is 48.3 Å². The third kappa shape index (κ3) is 3.92. The van der Waals surface area contributed by atoms with Crippen LogP contribution in [0.2, 0.25) is 0 Å². The van der Waals surface area contributed by atoms with E-state index in [1.165, 1.54) is 0 Å². The smallest absolute Gasteiger partial charge is 0.317 e. The molecular formula is C12H14O10. The van der Waals surface area contributed by atoms with Gasteiger partial charge in [-0.15, -0.1) is 0 Å². The van der Waals surface area contributed by atoms with E-state index in [9.17, 15) is 19.2 Å². The Bertz CT molecular complexity index is 442. The molecule has 0 amide bonds. The fraction of sp³-hybridized carbons (Fsp3) is 0.667. The lowest BCUT2D eigenvalue weighted by Crippen LogP contribution is -2.36. The van der Waals surface area contributed by atoms with Gasteiger partial charge in [-0.3, -0.25) is 19.2 Å². The van der Waals surface area contributed by atoms with Crippen LogP contribution in [-0.4, -0.2) is 71.7 Å². The summed E-state index contributed by atoms with van der Waals surface area (Å²) in [5, 5.41) is 17.0. The van der Waals surface area contributed by atoms with Crippen LogP contribution in [0.3, 0.4) is 0 Å². The molecule has 10 heteroatoms. The summed E-state index contributed by atoms with van der Waals surface area (Å²) in [6, 6.07) is 0. The van der Waals surface area contributed by atoms with Crippen LogP contribution in [0.5, 0.6) is 0 Å². The third-order valence-electron chi connectivity index (χ3n) is 3.12. The standard InChI is InChI=1S/C12H14O10/c13-7(14)1-9(17)21-5-3-19-12-6(4-20-11(5)12)22-10(18)2-8(15)16/h5-6,11-12H,1-4H2,(H,13,14)(H,15,16). The summed E-state index contributed by atoms with van der Waals surface area (Å²) in [5.41, 5.74) is 0. The SMILES string of the molecule is O=C(O)CC(=O)OC1COC2C(OC(=O)CC(=O)O)COC12.